The van der Waals surface area contributed by atoms with Crippen molar-refractivity contribution >= 4 is 17.8 Å². The van der Waals surface area contributed by atoms with Crippen molar-refractivity contribution in [1.82, 2.24) is 15.2 Å². The van der Waals surface area contributed by atoms with Crippen LogP contribution in [0.1, 0.15) is 19.8 Å². The third-order valence-electron chi connectivity index (χ3n) is 3.12. The van der Waals surface area contributed by atoms with Crippen LogP contribution in [0.5, 0.6) is 0 Å². The molecule has 1 aliphatic rings. The third-order valence-corrected chi connectivity index (χ3v) is 3.12. The molecule has 0 spiro atoms. The molecule has 1 fully saturated rings. The number of pyridine rings is 1. The molecule has 0 aromatic carbocycles. The zero-order chi connectivity index (χ0) is 14.5. The van der Waals surface area contributed by atoms with Crippen molar-refractivity contribution in [2.75, 3.05) is 18.4 Å². The molecule has 6 nitrogen and oxygen atoms in total. The highest BCUT2D eigenvalue weighted by molar-refractivity contribution is 5.93. The molecule has 2 N–H and O–H groups in total. The summed E-state index contributed by atoms with van der Waals surface area (Å²) in [6, 6.07) is 1.74. The first-order valence-electron chi connectivity index (χ1n) is 6.58. The van der Waals surface area contributed by atoms with E-state index >= 15 is 0 Å². The van der Waals surface area contributed by atoms with Gasteiger partial charge >= 0.3 is 6.03 Å². The molecule has 108 valence electrons. The van der Waals surface area contributed by atoms with Crippen LogP contribution in [-0.2, 0) is 4.79 Å². The highest BCUT2D eigenvalue weighted by Crippen LogP contribution is 2.13. The number of amides is 3. The normalized spacial score (nSPS) is 18.6. The third kappa shape index (κ3) is 3.23. The highest BCUT2D eigenvalue weighted by Gasteiger charge is 2.32. The molecule has 0 bridgehead atoms. The minimum atomic E-state index is -0.468. The van der Waals surface area contributed by atoms with E-state index < -0.39 is 17.9 Å². The summed E-state index contributed by atoms with van der Waals surface area (Å²) in [4.78, 5) is 29.2. The van der Waals surface area contributed by atoms with Crippen LogP contribution in [0.4, 0.5) is 15.0 Å². The molecular weight excluding hydrogens is 263 g/mol. The van der Waals surface area contributed by atoms with Crippen LogP contribution in [0.15, 0.2) is 18.3 Å². The van der Waals surface area contributed by atoms with Gasteiger partial charge in [-0.15, -0.1) is 0 Å². The molecule has 2 heterocycles. The number of rotatable bonds is 3. The van der Waals surface area contributed by atoms with Crippen LogP contribution in [-0.4, -0.2) is 41.0 Å². The van der Waals surface area contributed by atoms with Crippen molar-refractivity contribution in [3.8, 4) is 0 Å². The fraction of sp³-hybridized carbons (Fsp3) is 0.462. The van der Waals surface area contributed by atoms with Gasteiger partial charge in [-0.25, -0.2) is 14.2 Å². The summed E-state index contributed by atoms with van der Waals surface area (Å²) in [7, 11) is 0. The lowest BCUT2D eigenvalue weighted by atomic mass is 10.1. The summed E-state index contributed by atoms with van der Waals surface area (Å²) in [5.74, 6) is -0.345. The fourth-order valence-corrected chi connectivity index (χ4v) is 2.15. The van der Waals surface area contributed by atoms with Gasteiger partial charge in [0.2, 0.25) is 5.91 Å². The first-order valence-corrected chi connectivity index (χ1v) is 6.58. The number of hydrogen-bond donors (Lipinski definition) is 2. The van der Waals surface area contributed by atoms with E-state index in [2.05, 4.69) is 15.6 Å². The predicted octanol–water partition coefficient (Wildman–Crippen LogP) is 1.35. The Balaban J connectivity index is 2.06. The van der Waals surface area contributed by atoms with Crippen LogP contribution in [0.25, 0.3) is 0 Å². The number of carbonyl (C=O) groups is 2. The largest absolute Gasteiger partial charge is 0.353 e. The smallest absolute Gasteiger partial charge is 0.323 e. The summed E-state index contributed by atoms with van der Waals surface area (Å²) in [5.41, 5.74) is 0. The summed E-state index contributed by atoms with van der Waals surface area (Å²) in [5, 5.41) is 5.32. The zero-order valence-corrected chi connectivity index (χ0v) is 11.2. The van der Waals surface area contributed by atoms with Crippen molar-refractivity contribution in [3.05, 3.63) is 24.1 Å². The van der Waals surface area contributed by atoms with E-state index in [1.54, 1.807) is 0 Å². The zero-order valence-electron chi connectivity index (χ0n) is 11.2. The number of piperazine rings is 1. The van der Waals surface area contributed by atoms with Gasteiger partial charge in [0.05, 0.1) is 6.20 Å². The van der Waals surface area contributed by atoms with Crippen molar-refractivity contribution < 1.29 is 14.0 Å². The Labute approximate surface area is 116 Å². The van der Waals surface area contributed by atoms with Gasteiger partial charge in [0.1, 0.15) is 17.7 Å². The van der Waals surface area contributed by atoms with Gasteiger partial charge in [-0.1, -0.05) is 13.3 Å². The topological polar surface area (TPSA) is 74.3 Å². The number of anilines is 1. The van der Waals surface area contributed by atoms with Crippen LogP contribution in [0, 0.1) is 5.82 Å². The number of carbonyl (C=O) groups excluding carboxylic acids is 2. The number of nitrogens with zero attached hydrogens (tertiary/aromatic N) is 2. The number of halogens is 1. The van der Waals surface area contributed by atoms with Crippen molar-refractivity contribution in [2.45, 2.75) is 25.8 Å². The first kappa shape index (κ1) is 14.2. The Morgan fingerprint density at radius 2 is 2.40 bits per heavy atom. The number of hydrogen-bond acceptors (Lipinski definition) is 3. The summed E-state index contributed by atoms with van der Waals surface area (Å²) < 4.78 is 12.8. The SMILES string of the molecule is CCC[C@@H]1C(=O)NCCN1C(=O)Nc1ccc(F)cn1. The molecule has 1 aromatic rings. The molecule has 1 atom stereocenters. The Bertz CT molecular complexity index is 492. The lowest BCUT2D eigenvalue weighted by molar-refractivity contribution is -0.127. The average Bonchev–Trinajstić information content (AvgIpc) is 2.43. The second-order valence-corrected chi connectivity index (χ2v) is 4.58. The van der Waals surface area contributed by atoms with E-state index in [0.717, 1.165) is 12.6 Å². The molecular formula is C13H17FN4O2. The number of urea groups is 1. The molecule has 1 saturated heterocycles. The predicted molar refractivity (Wildman–Crippen MR) is 71.6 cm³/mol. The lowest BCUT2D eigenvalue weighted by Crippen LogP contribution is -2.58. The fourth-order valence-electron chi connectivity index (χ4n) is 2.15. The molecule has 3 amide bonds. The van der Waals surface area contributed by atoms with Crippen molar-refractivity contribution in [3.63, 3.8) is 0 Å². The summed E-state index contributed by atoms with van der Waals surface area (Å²) in [6.45, 7) is 2.84. The molecule has 1 aliphatic heterocycles. The second kappa shape index (κ2) is 6.31. The Morgan fingerprint density at radius 1 is 1.60 bits per heavy atom. The number of aromatic nitrogens is 1. The van der Waals surface area contributed by atoms with Gasteiger partial charge in [0.25, 0.3) is 0 Å². The maximum atomic E-state index is 12.8. The Morgan fingerprint density at radius 3 is 3.05 bits per heavy atom. The molecule has 0 unspecified atom stereocenters. The van der Waals surface area contributed by atoms with Crippen molar-refractivity contribution in [1.29, 1.82) is 0 Å². The minimum Gasteiger partial charge on any atom is -0.353 e. The van der Waals surface area contributed by atoms with Gasteiger partial charge in [0.15, 0.2) is 0 Å². The van der Waals surface area contributed by atoms with E-state index in [9.17, 15) is 14.0 Å². The molecule has 0 saturated carbocycles. The van der Waals surface area contributed by atoms with Gasteiger partial charge in [-0.3, -0.25) is 10.1 Å². The second-order valence-electron chi connectivity index (χ2n) is 4.58. The molecule has 2 rings (SSSR count). The van der Waals surface area contributed by atoms with Crippen LogP contribution >= 0.6 is 0 Å². The lowest BCUT2D eigenvalue weighted by Gasteiger charge is -2.34. The molecule has 20 heavy (non-hydrogen) atoms. The summed E-state index contributed by atoms with van der Waals surface area (Å²) in [6.07, 6.45) is 2.44. The monoisotopic (exact) mass is 280 g/mol. The van der Waals surface area contributed by atoms with E-state index in [1.165, 1.54) is 17.0 Å². The Kier molecular flexibility index (Phi) is 4.49. The number of nitrogens with one attached hydrogen (secondary N) is 2. The van der Waals surface area contributed by atoms with Crippen molar-refractivity contribution in [2.24, 2.45) is 0 Å². The van der Waals surface area contributed by atoms with Crippen LogP contribution in [0.2, 0.25) is 0 Å². The first-order chi connectivity index (χ1) is 9.61. The van der Waals surface area contributed by atoms with E-state index in [1.807, 2.05) is 6.92 Å². The maximum Gasteiger partial charge on any atom is 0.323 e. The minimum absolute atomic E-state index is 0.139. The Hall–Kier alpha value is -2.18. The standard InChI is InChI=1S/C13H17FN4O2/c1-2-3-10-12(19)15-6-7-18(10)13(20)17-11-5-4-9(14)8-16-11/h4-5,8,10H,2-3,6-7H2,1H3,(H,15,19)(H,16,17,20)/t10-/m1/s1. The van der Waals surface area contributed by atoms with E-state index in [4.69, 9.17) is 0 Å². The maximum absolute atomic E-state index is 12.8. The molecule has 7 heteroatoms. The quantitative estimate of drug-likeness (QED) is 0.877. The van der Waals surface area contributed by atoms with Gasteiger partial charge in [-0.2, -0.15) is 0 Å². The van der Waals surface area contributed by atoms with E-state index in [0.29, 0.717) is 19.5 Å². The van der Waals surface area contributed by atoms with Gasteiger partial charge in [-0.05, 0) is 18.6 Å². The molecule has 1 aromatic heterocycles. The molecule has 0 radical (unpaired) electrons. The van der Waals surface area contributed by atoms with Gasteiger partial charge in [0, 0.05) is 13.1 Å². The van der Waals surface area contributed by atoms with Crippen LogP contribution < -0.4 is 10.6 Å². The molecule has 0 aliphatic carbocycles. The average molecular weight is 280 g/mol. The van der Waals surface area contributed by atoms with E-state index in [-0.39, 0.29) is 11.7 Å². The van der Waals surface area contributed by atoms with Gasteiger partial charge < -0.3 is 10.2 Å². The van der Waals surface area contributed by atoms with Crippen LogP contribution in [0.3, 0.4) is 0 Å². The summed E-state index contributed by atoms with van der Waals surface area (Å²) >= 11 is 0. The highest BCUT2D eigenvalue weighted by atomic mass is 19.1.